The van der Waals surface area contributed by atoms with Gasteiger partial charge in [-0.3, -0.25) is 4.79 Å². The van der Waals surface area contributed by atoms with Crippen molar-refractivity contribution in [1.82, 2.24) is 0 Å². The second-order valence-electron chi connectivity index (χ2n) is 6.28. The van der Waals surface area contributed by atoms with Crippen molar-refractivity contribution in [3.8, 4) is 11.1 Å². The topological polar surface area (TPSA) is 20.3 Å². The minimum Gasteiger partial charge on any atom is -0.311 e. The molecule has 0 aromatic heterocycles. The Morgan fingerprint density at radius 2 is 1.31 bits per heavy atom. The fourth-order valence-electron chi connectivity index (χ4n) is 3.33. The highest BCUT2D eigenvalue weighted by Gasteiger charge is 2.18. The third-order valence-electron chi connectivity index (χ3n) is 4.66. The summed E-state index contributed by atoms with van der Waals surface area (Å²) in [6, 6.07) is 32.0. The van der Waals surface area contributed by atoms with E-state index in [9.17, 15) is 4.79 Å². The molecule has 0 aliphatic heterocycles. The number of hydrogen-bond donors (Lipinski definition) is 0. The van der Waals surface area contributed by atoms with Crippen LogP contribution in [0.4, 0.5) is 5.69 Å². The molecule has 4 rings (SSSR count). The molecule has 2 heteroatoms. The summed E-state index contributed by atoms with van der Waals surface area (Å²) in [4.78, 5) is 14.7. The lowest BCUT2D eigenvalue weighted by atomic mass is 9.95. The highest BCUT2D eigenvalue weighted by molar-refractivity contribution is 6.11. The number of carbonyl (C=O) groups is 1. The monoisotopic (exact) mass is 337 g/mol. The van der Waals surface area contributed by atoms with Gasteiger partial charge in [-0.25, -0.2) is 0 Å². The average molecular weight is 337 g/mol. The van der Waals surface area contributed by atoms with Crippen LogP contribution in [0.5, 0.6) is 0 Å². The van der Waals surface area contributed by atoms with Crippen LogP contribution in [0, 0.1) is 0 Å². The summed E-state index contributed by atoms with van der Waals surface area (Å²) in [6.45, 7) is 0. The van der Waals surface area contributed by atoms with Gasteiger partial charge < -0.3 is 4.90 Å². The number of anilines is 1. The van der Waals surface area contributed by atoms with Gasteiger partial charge in [0.05, 0.1) is 5.69 Å². The van der Waals surface area contributed by atoms with E-state index in [1.54, 1.807) is 4.90 Å². The van der Waals surface area contributed by atoms with E-state index in [-0.39, 0.29) is 5.91 Å². The van der Waals surface area contributed by atoms with Crippen LogP contribution >= 0.6 is 0 Å². The molecular weight excluding hydrogens is 318 g/mol. The predicted molar refractivity (Wildman–Crippen MR) is 109 cm³/mol. The Hall–Kier alpha value is -3.39. The largest absolute Gasteiger partial charge is 0.311 e. The molecule has 0 radical (unpaired) electrons. The van der Waals surface area contributed by atoms with E-state index in [2.05, 4.69) is 30.3 Å². The molecule has 0 fully saturated rings. The predicted octanol–water partition coefficient (Wildman–Crippen LogP) is 5.78. The molecule has 0 saturated carbocycles. The van der Waals surface area contributed by atoms with Gasteiger partial charge in [0, 0.05) is 18.2 Å². The highest BCUT2D eigenvalue weighted by atomic mass is 16.2. The maximum atomic E-state index is 13.0. The third kappa shape index (κ3) is 2.86. The smallest absolute Gasteiger partial charge is 0.258 e. The fraction of sp³-hybridized carbons (Fsp3) is 0.0417. The number of benzene rings is 4. The second-order valence-corrected chi connectivity index (χ2v) is 6.28. The quantitative estimate of drug-likeness (QED) is 0.464. The Morgan fingerprint density at radius 3 is 2.04 bits per heavy atom. The van der Waals surface area contributed by atoms with Gasteiger partial charge in [-0.15, -0.1) is 0 Å². The van der Waals surface area contributed by atoms with Crippen LogP contribution < -0.4 is 4.90 Å². The summed E-state index contributed by atoms with van der Waals surface area (Å²) >= 11 is 0. The number of amides is 1. The Bertz CT molecular complexity index is 1060. The molecule has 0 unspecified atom stereocenters. The molecule has 4 aromatic rings. The number of fused-ring (bicyclic) bond motifs is 1. The summed E-state index contributed by atoms with van der Waals surface area (Å²) in [6.07, 6.45) is 0. The van der Waals surface area contributed by atoms with Crippen molar-refractivity contribution in [3.63, 3.8) is 0 Å². The van der Waals surface area contributed by atoms with Gasteiger partial charge in [0.2, 0.25) is 0 Å². The first-order chi connectivity index (χ1) is 12.8. The second kappa shape index (κ2) is 6.85. The van der Waals surface area contributed by atoms with Crippen LogP contribution in [0.1, 0.15) is 10.4 Å². The first kappa shape index (κ1) is 16.1. The Labute approximate surface area is 153 Å². The van der Waals surface area contributed by atoms with Crippen LogP contribution in [-0.4, -0.2) is 13.0 Å². The lowest BCUT2D eigenvalue weighted by molar-refractivity contribution is 0.0993. The molecule has 126 valence electrons. The normalized spacial score (nSPS) is 10.7. The van der Waals surface area contributed by atoms with Gasteiger partial charge in [0.15, 0.2) is 0 Å². The zero-order valence-electron chi connectivity index (χ0n) is 14.6. The highest BCUT2D eigenvalue weighted by Crippen LogP contribution is 2.37. The maximum absolute atomic E-state index is 13.0. The summed E-state index contributed by atoms with van der Waals surface area (Å²) in [5.74, 6) is -0.0157. The molecule has 0 N–H and O–H groups in total. The number of carbonyl (C=O) groups excluding carboxylic acids is 1. The first-order valence-electron chi connectivity index (χ1n) is 8.66. The zero-order chi connectivity index (χ0) is 17.9. The summed E-state index contributed by atoms with van der Waals surface area (Å²) in [7, 11) is 1.84. The van der Waals surface area contributed by atoms with Crippen LogP contribution in [0.3, 0.4) is 0 Å². The maximum Gasteiger partial charge on any atom is 0.258 e. The van der Waals surface area contributed by atoms with Gasteiger partial charge in [-0.2, -0.15) is 0 Å². The molecular formula is C24H19NO. The number of hydrogen-bond acceptors (Lipinski definition) is 1. The molecule has 0 bridgehead atoms. The van der Waals surface area contributed by atoms with Crippen molar-refractivity contribution >= 4 is 22.4 Å². The zero-order valence-corrected chi connectivity index (χ0v) is 14.6. The van der Waals surface area contributed by atoms with E-state index in [0.717, 1.165) is 27.6 Å². The minimum atomic E-state index is -0.0157. The average Bonchev–Trinajstić information content (AvgIpc) is 2.73. The van der Waals surface area contributed by atoms with Crippen LogP contribution in [0.25, 0.3) is 21.9 Å². The van der Waals surface area contributed by atoms with Gasteiger partial charge in [0.25, 0.3) is 5.91 Å². The van der Waals surface area contributed by atoms with E-state index < -0.39 is 0 Å². The number of nitrogens with zero attached hydrogens (tertiary/aromatic N) is 1. The Morgan fingerprint density at radius 1 is 0.692 bits per heavy atom. The summed E-state index contributed by atoms with van der Waals surface area (Å²) in [5.41, 5.74) is 3.77. The van der Waals surface area contributed by atoms with Gasteiger partial charge in [-0.05, 0) is 34.5 Å². The molecule has 0 aliphatic rings. The van der Waals surface area contributed by atoms with Crippen molar-refractivity contribution in [2.24, 2.45) is 0 Å². The molecule has 0 spiro atoms. The van der Waals surface area contributed by atoms with Crippen LogP contribution in [-0.2, 0) is 0 Å². The van der Waals surface area contributed by atoms with Crippen LogP contribution in [0.15, 0.2) is 97.1 Å². The van der Waals surface area contributed by atoms with Crippen LogP contribution in [0.2, 0.25) is 0 Å². The molecule has 4 aromatic carbocycles. The van der Waals surface area contributed by atoms with E-state index in [4.69, 9.17) is 0 Å². The lowest BCUT2D eigenvalue weighted by Crippen LogP contribution is -2.26. The van der Waals surface area contributed by atoms with E-state index in [1.807, 2.05) is 73.8 Å². The van der Waals surface area contributed by atoms with E-state index >= 15 is 0 Å². The Kier molecular flexibility index (Phi) is 4.24. The minimum absolute atomic E-state index is 0.0157. The summed E-state index contributed by atoms with van der Waals surface area (Å²) < 4.78 is 0. The molecule has 0 aliphatic carbocycles. The van der Waals surface area contributed by atoms with E-state index in [0.29, 0.717) is 5.56 Å². The molecule has 26 heavy (non-hydrogen) atoms. The first-order valence-corrected chi connectivity index (χ1v) is 8.66. The SMILES string of the molecule is CN(C(=O)c1ccccc1)c1ccc2ccccc2c1-c1ccccc1. The molecule has 1 amide bonds. The molecule has 0 heterocycles. The molecule has 0 saturated heterocycles. The molecule has 2 nitrogen and oxygen atoms in total. The van der Waals surface area contributed by atoms with Crippen molar-refractivity contribution < 1.29 is 4.79 Å². The third-order valence-corrected chi connectivity index (χ3v) is 4.66. The van der Waals surface area contributed by atoms with Gasteiger partial charge in [0.1, 0.15) is 0 Å². The van der Waals surface area contributed by atoms with E-state index in [1.165, 1.54) is 0 Å². The van der Waals surface area contributed by atoms with Crippen molar-refractivity contribution in [3.05, 3.63) is 103 Å². The lowest BCUT2D eigenvalue weighted by Gasteiger charge is -2.22. The van der Waals surface area contributed by atoms with Gasteiger partial charge in [-0.1, -0.05) is 78.9 Å². The summed E-state index contributed by atoms with van der Waals surface area (Å²) in [5, 5.41) is 2.31. The Balaban J connectivity index is 1.91. The molecule has 0 atom stereocenters. The van der Waals surface area contributed by atoms with Crippen molar-refractivity contribution in [1.29, 1.82) is 0 Å². The number of rotatable bonds is 3. The standard InChI is InChI=1S/C24H19NO/c1-25(24(26)20-13-6-3-7-14-20)22-17-16-18-10-8-9-15-21(18)23(22)19-11-4-2-5-12-19/h2-17H,1H3. The van der Waals surface area contributed by atoms with Crippen molar-refractivity contribution in [2.75, 3.05) is 11.9 Å². The fourth-order valence-corrected chi connectivity index (χ4v) is 3.33. The van der Waals surface area contributed by atoms with Crippen molar-refractivity contribution in [2.45, 2.75) is 0 Å². The van der Waals surface area contributed by atoms with Gasteiger partial charge >= 0.3 is 0 Å².